The molecule has 0 saturated heterocycles. The minimum atomic E-state index is -0.292. The van der Waals surface area contributed by atoms with Crippen molar-refractivity contribution in [1.82, 2.24) is 5.32 Å². The van der Waals surface area contributed by atoms with E-state index in [9.17, 15) is 9.59 Å². The van der Waals surface area contributed by atoms with Crippen molar-refractivity contribution in [3.05, 3.63) is 65.2 Å². The number of amides is 1. The van der Waals surface area contributed by atoms with E-state index in [1.165, 1.54) is 7.11 Å². The molecule has 6 heteroatoms. The summed E-state index contributed by atoms with van der Waals surface area (Å²) in [4.78, 5) is 23.1. The molecule has 0 unspecified atom stereocenters. The van der Waals surface area contributed by atoms with Gasteiger partial charge in [-0.15, -0.1) is 0 Å². The number of methoxy groups -OCH3 is 1. The van der Waals surface area contributed by atoms with Gasteiger partial charge in [-0.3, -0.25) is 9.59 Å². The van der Waals surface area contributed by atoms with Crippen LogP contribution in [0.3, 0.4) is 0 Å². The SMILES string of the molecule is COC(=O)Cc1ccc(OCCNC(=O)c2ccc(C#N)cc2)cc1. The van der Waals surface area contributed by atoms with E-state index in [0.29, 0.717) is 30.0 Å². The maximum atomic E-state index is 11.9. The van der Waals surface area contributed by atoms with Crippen molar-refractivity contribution in [3.8, 4) is 11.8 Å². The number of nitrogens with one attached hydrogen (secondary N) is 1. The smallest absolute Gasteiger partial charge is 0.309 e. The summed E-state index contributed by atoms with van der Waals surface area (Å²) in [6, 6.07) is 15.5. The van der Waals surface area contributed by atoms with Gasteiger partial charge in [0.1, 0.15) is 12.4 Å². The van der Waals surface area contributed by atoms with Crippen LogP contribution in [0, 0.1) is 11.3 Å². The number of rotatable bonds is 7. The first-order chi connectivity index (χ1) is 12.1. The van der Waals surface area contributed by atoms with Crippen molar-refractivity contribution in [1.29, 1.82) is 5.26 Å². The Morgan fingerprint density at radius 1 is 1.08 bits per heavy atom. The topological polar surface area (TPSA) is 88.4 Å². The number of carbonyl (C=O) groups is 2. The molecular formula is C19H18N2O4. The molecule has 0 aliphatic heterocycles. The van der Waals surface area contributed by atoms with Crippen LogP contribution in [0.1, 0.15) is 21.5 Å². The maximum Gasteiger partial charge on any atom is 0.309 e. The summed E-state index contributed by atoms with van der Waals surface area (Å²) < 4.78 is 10.2. The van der Waals surface area contributed by atoms with Crippen LogP contribution in [0.4, 0.5) is 0 Å². The van der Waals surface area contributed by atoms with Gasteiger partial charge in [-0.25, -0.2) is 0 Å². The van der Waals surface area contributed by atoms with E-state index in [1.807, 2.05) is 6.07 Å². The molecule has 2 aromatic rings. The van der Waals surface area contributed by atoms with Crippen LogP contribution in [0.5, 0.6) is 5.75 Å². The van der Waals surface area contributed by atoms with Crippen LogP contribution in [-0.2, 0) is 16.0 Å². The predicted molar refractivity (Wildman–Crippen MR) is 91.1 cm³/mol. The van der Waals surface area contributed by atoms with Gasteiger partial charge in [-0.05, 0) is 42.0 Å². The molecule has 25 heavy (non-hydrogen) atoms. The van der Waals surface area contributed by atoms with Gasteiger partial charge >= 0.3 is 5.97 Å². The van der Waals surface area contributed by atoms with Gasteiger partial charge < -0.3 is 14.8 Å². The Labute approximate surface area is 146 Å². The Morgan fingerprint density at radius 2 is 1.76 bits per heavy atom. The van der Waals surface area contributed by atoms with Gasteiger partial charge in [0.25, 0.3) is 5.91 Å². The van der Waals surface area contributed by atoms with E-state index in [1.54, 1.807) is 48.5 Å². The van der Waals surface area contributed by atoms with Crippen LogP contribution < -0.4 is 10.1 Å². The van der Waals surface area contributed by atoms with Gasteiger partial charge in [0.2, 0.25) is 0 Å². The Bertz CT molecular complexity index is 762. The van der Waals surface area contributed by atoms with Crippen molar-refractivity contribution in [2.45, 2.75) is 6.42 Å². The van der Waals surface area contributed by atoms with E-state index >= 15 is 0 Å². The Balaban J connectivity index is 1.74. The van der Waals surface area contributed by atoms with Crippen LogP contribution in [0.2, 0.25) is 0 Å². The second kappa shape index (κ2) is 9.08. The average Bonchev–Trinajstić information content (AvgIpc) is 2.66. The third-order valence-corrected chi connectivity index (χ3v) is 3.43. The van der Waals surface area contributed by atoms with Crippen molar-refractivity contribution < 1.29 is 19.1 Å². The molecule has 2 aromatic carbocycles. The molecule has 1 amide bonds. The first kappa shape index (κ1) is 18.0. The first-order valence-electron chi connectivity index (χ1n) is 7.69. The van der Waals surface area contributed by atoms with E-state index < -0.39 is 0 Å². The van der Waals surface area contributed by atoms with E-state index in [2.05, 4.69) is 10.1 Å². The first-order valence-corrected chi connectivity index (χ1v) is 7.69. The van der Waals surface area contributed by atoms with E-state index in [4.69, 9.17) is 10.00 Å². The average molecular weight is 338 g/mol. The summed E-state index contributed by atoms with van der Waals surface area (Å²) in [5.41, 5.74) is 1.84. The molecule has 0 fully saturated rings. The summed E-state index contributed by atoms with van der Waals surface area (Å²) in [6.45, 7) is 0.668. The summed E-state index contributed by atoms with van der Waals surface area (Å²) in [5.74, 6) is 0.141. The van der Waals surface area contributed by atoms with Crippen LogP contribution in [0.25, 0.3) is 0 Å². The summed E-state index contributed by atoms with van der Waals surface area (Å²) in [6.07, 6.45) is 0.220. The highest BCUT2D eigenvalue weighted by Gasteiger charge is 2.05. The van der Waals surface area contributed by atoms with Gasteiger partial charge in [0, 0.05) is 5.56 Å². The van der Waals surface area contributed by atoms with E-state index in [0.717, 1.165) is 5.56 Å². The summed E-state index contributed by atoms with van der Waals surface area (Å²) in [7, 11) is 1.35. The lowest BCUT2D eigenvalue weighted by Gasteiger charge is -2.08. The number of nitriles is 1. The number of hydrogen-bond acceptors (Lipinski definition) is 5. The van der Waals surface area contributed by atoms with Crippen LogP contribution >= 0.6 is 0 Å². The molecule has 1 N–H and O–H groups in total. The van der Waals surface area contributed by atoms with Crippen molar-refractivity contribution in [2.75, 3.05) is 20.3 Å². The lowest BCUT2D eigenvalue weighted by molar-refractivity contribution is -0.139. The van der Waals surface area contributed by atoms with Gasteiger partial charge in [0.05, 0.1) is 31.7 Å². The standard InChI is InChI=1S/C19H18N2O4/c1-24-18(22)12-14-4-8-17(9-5-14)25-11-10-21-19(23)16-6-2-15(13-20)3-7-16/h2-9H,10-12H2,1H3,(H,21,23). The highest BCUT2D eigenvalue weighted by Crippen LogP contribution is 2.12. The molecule has 0 atom stereocenters. The second-order valence-corrected chi connectivity index (χ2v) is 5.19. The zero-order valence-electron chi connectivity index (χ0n) is 13.8. The molecule has 0 bridgehead atoms. The molecular weight excluding hydrogens is 320 g/mol. The third kappa shape index (κ3) is 5.66. The monoisotopic (exact) mass is 338 g/mol. The third-order valence-electron chi connectivity index (χ3n) is 3.43. The minimum absolute atomic E-state index is 0.220. The molecule has 0 radical (unpaired) electrons. The molecule has 0 spiro atoms. The Hall–Kier alpha value is -3.33. The number of esters is 1. The van der Waals surface area contributed by atoms with E-state index in [-0.39, 0.29) is 18.3 Å². The van der Waals surface area contributed by atoms with Crippen LogP contribution in [0.15, 0.2) is 48.5 Å². The summed E-state index contributed by atoms with van der Waals surface area (Å²) >= 11 is 0. The fraction of sp³-hybridized carbons (Fsp3) is 0.211. The highest BCUT2D eigenvalue weighted by molar-refractivity contribution is 5.94. The Morgan fingerprint density at radius 3 is 2.36 bits per heavy atom. The molecule has 2 rings (SSSR count). The number of carbonyl (C=O) groups excluding carboxylic acids is 2. The fourth-order valence-electron chi connectivity index (χ4n) is 2.07. The zero-order valence-corrected chi connectivity index (χ0v) is 13.8. The largest absolute Gasteiger partial charge is 0.492 e. The van der Waals surface area contributed by atoms with Gasteiger partial charge in [-0.2, -0.15) is 5.26 Å². The molecule has 0 saturated carbocycles. The second-order valence-electron chi connectivity index (χ2n) is 5.19. The predicted octanol–water partition coefficient (Wildman–Crippen LogP) is 2.08. The fourth-order valence-corrected chi connectivity index (χ4v) is 2.07. The van der Waals surface area contributed by atoms with Crippen LogP contribution in [-0.4, -0.2) is 32.1 Å². The maximum absolute atomic E-state index is 11.9. The molecule has 0 heterocycles. The van der Waals surface area contributed by atoms with Crippen molar-refractivity contribution in [3.63, 3.8) is 0 Å². The number of nitrogens with zero attached hydrogens (tertiary/aromatic N) is 1. The Kier molecular flexibility index (Phi) is 6.55. The highest BCUT2D eigenvalue weighted by atomic mass is 16.5. The number of benzene rings is 2. The molecule has 0 aliphatic rings. The quantitative estimate of drug-likeness (QED) is 0.617. The number of ether oxygens (including phenoxy) is 2. The minimum Gasteiger partial charge on any atom is -0.492 e. The lowest BCUT2D eigenvalue weighted by Crippen LogP contribution is -2.28. The zero-order chi connectivity index (χ0) is 18.1. The lowest BCUT2D eigenvalue weighted by atomic mass is 10.1. The van der Waals surface area contributed by atoms with Crippen molar-refractivity contribution in [2.24, 2.45) is 0 Å². The molecule has 0 aliphatic carbocycles. The normalized spacial score (nSPS) is 9.76. The summed E-state index contributed by atoms with van der Waals surface area (Å²) in [5, 5.41) is 11.5. The van der Waals surface area contributed by atoms with Crippen molar-refractivity contribution >= 4 is 11.9 Å². The van der Waals surface area contributed by atoms with Gasteiger partial charge in [-0.1, -0.05) is 12.1 Å². The molecule has 6 nitrogen and oxygen atoms in total. The number of hydrogen-bond donors (Lipinski definition) is 1. The van der Waals surface area contributed by atoms with Gasteiger partial charge in [0.15, 0.2) is 0 Å². The molecule has 128 valence electrons. The molecule has 0 aromatic heterocycles.